The predicted octanol–water partition coefficient (Wildman–Crippen LogP) is 1.99. The van der Waals surface area contributed by atoms with Gasteiger partial charge in [0.25, 0.3) is 0 Å². The second kappa shape index (κ2) is 4.15. The number of nitrogens with one attached hydrogen (secondary N) is 1. The van der Waals surface area contributed by atoms with Gasteiger partial charge >= 0.3 is 5.97 Å². The van der Waals surface area contributed by atoms with Crippen LogP contribution in [0.25, 0.3) is 0 Å². The molecule has 70 valence electrons. The second-order valence-electron chi connectivity index (χ2n) is 2.35. The van der Waals surface area contributed by atoms with Crippen molar-refractivity contribution in [2.75, 3.05) is 12.4 Å². The molecule has 13 heavy (non-hydrogen) atoms. The van der Waals surface area contributed by atoms with Crippen LogP contribution in [0.15, 0.2) is 23.1 Å². The molecule has 0 saturated heterocycles. The molecule has 0 aliphatic carbocycles. The highest BCUT2D eigenvalue weighted by Gasteiger charge is 2.09. The molecule has 1 rings (SSSR count). The van der Waals surface area contributed by atoms with Gasteiger partial charge in [0.2, 0.25) is 0 Å². The topological polar surface area (TPSA) is 69.6 Å². The normalized spacial score (nSPS) is 9.69. The second-order valence-corrected chi connectivity index (χ2v) is 3.01. The Hall–Kier alpha value is -1.20. The summed E-state index contributed by atoms with van der Waals surface area (Å²) >= 11 is 0.528. The van der Waals surface area contributed by atoms with E-state index in [0.717, 1.165) is 0 Å². The summed E-state index contributed by atoms with van der Waals surface area (Å²) in [6, 6.07) is 4.67. The number of benzene rings is 1. The molecule has 0 spiro atoms. The van der Waals surface area contributed by atoms with Crippen LogP contribution in [0, 0.1) is 0 Å². The zero-order valence-corrected chi connectivity index (χ0v) is 7.76. The SMILES string of the molecule is CNc1ccc(SO)cc1C(=O)O. The van der Waals surface area contributed by atoms with Crippen LogP contribution in [0.4, 0.5) is 5.69 Å². The summed E-state index contributed by atoms with van der Waals surface area (Å²) in [5.41, 5.74) is 0.687. The number of carboxylic acids is 1. The fourth-order valence-corrected chi connectivity index (χ4v) is 1.27. The largest absolute Gasteiger partial charge is 0.478 e. The Bertz CT molecular complexity index is 327. The van der Waals surface area contributed by atoms with Gasteiger partial charge in [-0.15, -0.1) is 0 Å². The number of rotatable bonds is 3. The molecule has 0 radical (unpaired) electrons. The highest BCUT2D eigenvalue weighted by atomic mass is 32.2. The van der Waals surface area contributed by atoms with E-state index in [0.29, 0.717) is 22.6 Å². The lowest BCUT2D eigenvalue weighted by molar-refractivity contribution is 0.0697. The van der Waals surface area contributed by atoms with Gasteiger partial charge in [0.1, 0.15) is 0 Å². The molecular formula is C8H9NO3S. The number of hydrogen-bond donors (Lipinski definition) is 3. The van der Waals surface area contributed by atoms with Gasteiger partial charge in [-0.25, -0.2) is 4.79 Å². The van der Waals surface area contributed by atoms with Crippen LogP contribution in [0.2, 0.25) is 0 Å². The average Bonchev–Trinajstić information content (AvgIpc) is 2.16. The molecule has 0 saturated carbocycles. The van der Waals surface area contributed by atoms with E-state index in [2.05, 4.69) is 5.32 Å². The van der Waals surface area contributed by atoms with Gasteiger partial charge in [-0.2, -0.15) is 0 Å². The van der Waals surface area contributed by atoms with Gasteiger partial charge in [0.15, 0.2) is 0 Å². The van der Waals surface area contributed by atoms with Gasteiger partial charge in [-0.05, 0) is 18.2 Å². The summed E-state index contributed by atoms with van der Waals surface area (Å²) in [4.78, 5) is 11.2. The summed E-state index contributed by atoms with van der Waals surface area (Å²) in [7, 11) is 1.65. The predicted molar refractivity (Wildman–Crippen MR) is 51.4 cm³/mol. The standard InChI is InChI=1S/C8H9NO3S/c1-9-7-3-2-5(13-12)4-6(7)8(10)11/h2-4,9,12H,1H3,(H,10,11). The van der Waals surface area contributed by atoms with Crippen molar-refractivity contribution < 1.29 is 14.5 Å². The van der Waals surface area contributed by atoms with E-state index in [1.54, 1.807) is 19.2 Å². The minimum absolute atomic E-state index is 0.154. The van der Waals surface area contributed by atoms with Crippen LogP contribution >= 0.6 is 12.0 Å². The number of aromatic carboxylic acids is 1. The van der Waals surface area contributed by atoms with Crippen molar-refractivity contribution in [2.45, 2.75) is 4.90 Å². The minimum atomic E-state index is -1.01. The molecule has 0 aliphatic heterocycles. The van der Waals surface area contributed by atoms with E-state index in [4.69, 9.17) is 9.66 Å². The first-order valence-corrected chi connectivity index (χ1v) is 4.33. The smallest absolute Gasteiger partial charge is 0.337 e. The van der Waals surface area contributed by atoms with E-state index < -0.39 is 5.97 Å². The van der Waals surface area contributed by atoms with Crippen LogP contribution in [-0.2, 0) is 0 Å². The summed E-state index contributed by atoms with van der Waals surface area (Å²) in [6.45, 7) is 0. The maximum Gasteiger partial charge on any atom is 0.337 e. The molecule has 1 aromatic carbocycles. The molecule has 1 aromatic rings. The van der Waals surface area contributed by atoms with Gasteiger partial charge in [-0.1, -0.05) is 0 Å². The first-order chi connectivity index (χ1) is 6.19. The van der Waals surface area contributed by atoms with E-state index in [1.165, 1.54) is 6.07 Å². The highest BCUT2D eigenvalue weighted by Crippen LogP contribution is 2.22. The van der Waals surface area contributed by atoms with E-state index in [1.807, 2.05) is 0 Å². The van der Waals surface area contributed by atoms with E-state index in [-0.39, 0.29) is 5.56 Å². The van der Waals surface area contributed by atoms with Crippen LogP contribution in [0.3, 0.4) is 0 Å². The van der Waals surface area contributed by atoms with Crippen molar-refractivity contribution in [2.24, 2.45) is 0 Å². The lowest BCUT2D eigenvalue weighted by atomic mass is 10.2. The van der Waals surface area contributed by atoms with E-state index in [9.17, 15) is 4.79 Å². The summed E-state index contributed by atoms with van der Waals surface area (Å²) in [5, 5.41) is 11.5. The number of hydrogen-bond acceptors (Lipinski definition) is 4. The highest BCUT2D eigenvalue weighted by molar-refractivity contribution is 7.93. The third-order valence-electron chi connectivity index (χ3n) is 1.60. The van der Waals surface area contributed by atoms with Crippen molar-refractivity contribution in [1.82, 2.24) is 0 Å². The van der Waals surface area contributed by atoms with Crippen LogP contribution in [0.5, 0.6) is 0 Å². The quantitative estimate of drug-likeness (QED) is 0.649. The number of carbonyl (C=O) groups is 1. The lowest BCUT2D eigenvalue weighted by Crippen LogP contribution is -2.02. The van der Waals surface area contributed by atoms with Crippen molar-refractivity contribution in [1.29, 1.82) is 0 Å². The van der Waals surface area contributed by atoms with Crippen molar-refractivity contribution in [3.8, 4) is 0 Å². The molecule has 0 unspecified atom stereocenters. The summed E-state index contributed by atoms with van der Waals surface area (Å²) in [6.07, 6.45) is 0. The Labute approximate surface area is 79.8 Å². The molecule has 4 nitrogen and oxygen atoms in total. The Kier molecular flexibility index (Phi) is 3.16. The molecule has 0 heterocycles. The zero-order chi connectivity index (χ0) is 9.84. The fourth-order valence-electron chi connectivity index (χ4n) is 0.975. The van der Waals surface area contributed by atoms with Crippen molar-refractivity contribution >= 4 is 23.7 Å². The third-order valence-corrected chi connectivity index (χ3v) is 2.06. The summed E-state index contributed by atoms with van der Waals surface area (Å²) < 4.78 is 8.71. The van der Waals surface area contributed by atoms with Gasteiger partial charge in [-0.3, -0.25) is 0 Å². The maximum absolute atomic E-state index is 10.7. The van der Waals surface area contributed by atoms with Crippen LogP contribution in [0.1, 0.15) is 10.4 Å². The lowest BCUT2D eigenvalue weighted by Gasteiger charge is -2.05. The van der Waals surface area contributed by atoms with Gasteiger partial charge < -0.3 is 15.0 Å². The average molecular weight is 199 g/mol. The van der Waals surface area contributed by atoms with Crippen molar-refractivity contribution in [3.63, 3.8) is 0 Å². The Morgan fingerprint density at radius 2 is 2.23 bits per heavy atom. The van der Waals surface area contributed by atoms with E-state index >= 15 is 0 Å². The Morgan fingerprint density at radius 1 is 1.54 bits per heavy atom. The van der Waals surface area contributed by atoms with Crippen LogP contribution < -0.4 is 5.32 Å². The molecule has 0 aromatic heterocycles. The minimum Gasteiger partial charge on any atom is -0.478 e. The fraction of sp³-hybridized carbons (Fsp3) is 0.125. The molecule has 0 aliphatic rings. The number of anilines is 1. The zero-order valence-electron chi connectivity index (χ0n) is 6.94. The summed E-state index contributed by atoms with van der Waals surface area (Å²) in [5.74, 6) is -1.01. The molecule has 3 N–H and O–H groups in total. The van der Waals surface area contributed by atoms with Crippen molar-refractivity contribution in [3.05, 3.63) is 23.8 Å². The molecular weight excluding hydrogens is 190 g/mol. The monoisotopic (exact) mass is 199 g/mol. The molecule has 0 fully saturated rings. The van der Waals surface area contributed by atoms with Gasteiger partial charge in [0.05, 0.1) is 5.56 Å². The molecule has 0 atom stereocenters. The molecule has 0 bridgehead atoms. The van der Waals surface area contributed by atoms with Crippen LogP contribution in [-0.4, -0.2) is 22.7 Å². The first kappa shape index (κ1) is 9.88. The molecule has 0 amide bonds. The number of carboxylic acid groups (broad SMARTS) is 1. The third kappa shape index (κ3) is 2.13. The Balaban J connectivity index is 3.18. The first-order valence-electron chi connectivity index (χ1n) is 3.55. The maximum atomic E-state index is 10.7. The Morgan fingerprint density at radius 3 is 2.69 bits per heavy atom. The van der Waals surface area contributed by atoms with Gasteiger partial charge in [0, 0.05) is 29.7 Å². The molecule has 5 heteroatoms.